The minimum Gasteiger partial charge on any atom is -0.481 e. The molecule has 0 saturated carbocycles. The van der Waals surface area contributed by atoms with Crippen LogP contribution in [-0.2, 0) is 14.8 Å². The molecule has 29 heavy (non-hydrogen) atoms. The maximum absolute atomic E-state index is 12.5. The van der Waals surface area contributed by atoms with Gasteiger partial charge in [0, 0.05) is 22.3 Å². The summed E-state index contributed by atoms with van der Waals surface area (Å²) in [6, 6.07) is 12.6. The molecule has 1 heterocycles. The van der Waals surface area contributed by atoms with Gasteiger partial charge in [0.05, 0.1) is 4.90 Å². The lowest BCUT2D eigenvalue weighted by Gasteiger charge is -2.17. The third-order valence-electron chi connectivity index (χ3n) is 3.84. The molecule has 2 N–H and O–H groups in total. The van der Waals surface area contributed by atoms with Gasteiger partial charge in [-0.15, -0.1) is 11.3 Å². The molecule has 1 aromatic heterocycles. The van der Waals surface area contributed by atoms with Crippen molar-refractivity contribution in [1.29, 1.82) is 0 Å². The highest BCUT2D eigenvalue weighted by molar-refractivity contribution is 7.93. The van der Waals surface area contributed by atoms with Gasteiger partial charge in [0.25, 0.3) is 15.9 Å². The van der Waals surface area contributed by atoms with Crippen molar-refractivity contribution in [2.24, 2.45) is 0 Å². The third kappa shape index (κ3) is 5.69. The van der Waals surface area contributed by atoms with Gasteiger partial charge in [-0.2, -0.15) is 0 Å². The van der Waals surface area contributed by atoms with Gasteiger partial charge >= 0.3 is 0 Å². The Morgan fingerprint density at radius 2 is 1.86 bits per heavy atom. The molecule has 0 radical (unpaired) electrons. The van der Waals surface area contributed by atoms with E-state index in [1.165, 1.54) is 41.8 Å². The molecule has 0 fully saturated rings. The van der Waals surface area contributed by atoms with Crippen molar-refractivity contribution in [1.82, 2.24) is 4.98 Å². The summed E-state index contributed by atoms with van der Waals surface area (Å²) in [6.07, 6.45) is 1.27. The van der Waals surface area contributed by atoms with E-state index in [1.54, 1.807) is 29.6 Å². The number of ether oxygens (including phenoxy) is 1. The Bertz CT molecular complexity index is 1050. The van der Waals surface area contributed by atoms with Crippen LogP contribution in [0.25, 0.3) is 0 Å². The molecule has 0 bridgehead atoms. The molecule has 0 aliphatic rings. The van der Waals surface area contributed by atoms with E-state index >= 15 is 0 Å². The summed E-state index contributed by atoms with van der Waals surface area (Å²) in [5, 5.41) is 5.27. The van der Waals surface area contributed by atoms with Crippen LogP contribution in [0.2, 0.25) is 5.02 Å². The van der Waals surface area contributed by atoms with E-state index in [0.29, 0.717) is 22.9 Å². The predicted octanol–water partition coefficient (Wildman–Crippen LogP) is 4.39. The summed E-state index contributed by atoms with van der Waals surface area (Å²) in [6.45, 7) is 1.83. The number of nitrogens with one attached hydrogen (secondary N) is 2. The first kappa shape index (κ1) is 21.1. The highest BCUT2D eigenvalue weighted by Crippen LogP contribution is 2.21. The van der Waals surface area contributed by atoms with Crippen molar-refractivity contribution in [2.75, 3.05) is 10.0 Å². The lowest BCUT2D eigenvalue weighted by molar-refractivity contribution is -0.122. The van der Waals surface area contributed by atoms with Gasteiger partial charge < -0.3 is 10.1 Å². The SMILES string of the molecule is CCC(Oc1ccc(Cl)cc1)C(=O)Nc1ccc(S(=O)(=O)Nc2nccs2)cc1. The van der Waals surface area contributed by atoms with Crippen LogP contribution in [-0.4, -0.2) is 25.4 Å². The van der Waals surface area contributed by atoms with Gasteiger partial charge in [-0.05, 0) is 55.0 Å². The number of sulfonamides is 1. The molecule has 0 spiro atoms. The molecule has 1 unspecified atom stereocenters. The second-order valence-electron chi connectivity index (χ2n) is 5.93. The van der Waals surface area contributed by atoms with Crippen LogP contribution in [0.5, 0.6) is 5.75 Å². The fourth-order valence-corrected chi connectivity index (χ4v) is 4.30. The smallest absolute Gasteiger partial charge is 0.265 e. The van der Waals surface area contributed by atoms with E-state index in [4.69, 9.17) is 16.3 Å². The zero-order valence-electron chi connectivity index (χ0n) is 15.3. The Labute approximate surface area is 177 Å². The number of amides is 1. The number of hydrogen-bond acceptors (Lipinski definition) is 6. The fraction of sp³-hybridized carbons (Fsp3) is 0.158. The lowest BCUT2D eigenvalue weighted by Crippen LogP contribution is -2.32. The maximum Gasteiger partial charge on any atom is 0.265 e. The van der Waals surface area contributed by atoms with Gasteiger partial charge in [-0.1, -0.05) is 18.5 Å². The van der Waals surface area contributed by atoms with Crippen molar-refractivity contribution >= 4 is 49.7 Å². The van der Waals surface area contributed by atoms with Crippen molar-refractivity contribution in [3.05, 3.63) is 65.1 Å². The summed E-state index contributed by atoms with van der Waals surface area (Å²) in [4.78, 5) is 16.5. The Morgan fingerprint density at radius 3 is 2.45 bits per heavy atom. The quantitative estimate of drug-likeness (QED) is 0.529. The standard InChI is InChI=1S/C19H18ClN3O4S2/c1-2-17(27-15-7-3-13(20)4-8-15)18(24)22-14-5-9-16(10-6-14)29(25,26)23-19-21-11-12-28-19/h3-12,17H,2H2,1H3,(H,21,23)(H,22,24). The van der Waals surface area contributed by atoms with Crippen LogP contribution in [0.4, 0.5) is 10.8 Å². The number of hydrogen-bond donors (Lipinski definition) is 2. The average molecular weight is 452 g/mol. The van der Waals surface area contributed by atoms with Crippen LogP contribution in [0.1, 0.15) is 13.3 Å². The third-order valence-corrected chi connectivity index (χ3v) is 6.27. The van der Waals surface area contributed by atoms with E-state index in [-0.39, 0.29) is 15.9 Å². The van der Waals surface area contributed by atoms with Crippen molar-refractivity contribution in [3.8, 4) is 5.75 Å². The molecule has 1 atom stereocenters. The van der Waals surface area contributed by atoms with Crippen molar-refractivity contribution < 1.29 is 17.9 Å². The van der Waals surface area contributed by atoms with Crippen molar-refractivity contribution in [2.45, 2.75) is 24.3 Å². The minimum atomic E-state index is -3.74. The number of aromatic nitrogens is 1. The monoisotopic (exact) mass is 451 g/mol. The molecular weight excluding hydrogens is 434 g/mol. The van der Waals surface area contributed by atoms with Crippen LogP contribution >= 0.6 is 22.9 Å². The summed E-state index contributed by atoms with van der Waals surface area (Å²) in [5.41, 5.74) is 0.460. The molecule has 152 valence electrons. The van der Waals surface area contributed by atoms with Crippen LogP contribution in [0.15, 0.2) is 65.0 Å². The summed E-state index contributed by atoms with van der Waals surface area (Å²) in [7, 11) is -3.74. The Kier molecular flexibility index (Phi) is 6.73. The summed E-state index contributed by atoms with van der Waals surface area (Å²) >= 11 is 7.03. The largest absolute Gasteiger partial charge is 0.481 e. The summed E-state index contributed by atoms with van der Waals surface area (Å²) < 4.78 is 32.8. The summed E-state index contributed by atoms with van der Waals surface area (Å²) in [5.74, 6) is 0.199. The van der Waals surface area contributed by atoms with E-state index in [2.05, 4.69) is 15.0 Å². The number of carbonyl (C=O) groups excluding carboxylic acids is 1. The van der Waals surface area contributed by atoms with Gasteiger partial charge in [0.2, 0.25) is 0 Å². The molecular formula is C19H18ClN3O4S2. The van der Waals surface area contributed by atoms with E-state index in [9.17, 15) is 13.2 Å². The zero-order valence-corrected chi connectivity index (χ0v) is 17.7. The van der Waals surface area contributed by atoms with Crippen LogP contribution in [0.3, 0.4) is 0 Å². The molecule has 2 aromatic carbocycles. The Hall–Kier alpha value is -2.62. The Morgan fingerprint density at radius 1 is 1.17 bits per heavy atom. The van der Waals surface area contributed by atoms with Crippen LogP contribution < -0.4 is 14.8 Å². The molecule has 3 rings (SSSR count). The molecule has 7 nitrogen and oxygen atoms in total. The van der Waals surface area contributed by atoms with Gasteiger partial charge in [0.15, 0.2) is 11.2 Å². The number of benzene rings is 2. The Balaban J connectivity index is 1.64. The number of thiazole rings is 1. The zero-order chi connectivity index (χ0) is 20.9. The topological polar surface area (TPSA) is 97.4 Å². The first-order chi connectivity index (χ1) is 13.9. The highest BCUT2D eigenvalue weighted by atomic mass is 35.5. The van der Waals surface area contributed by atoms with Gasteiger partial charge in [0.1, 0.15) is 5.75 Å². The van der Waals surface area contributed by atoms with Crippen LogP contribution in [0, 0.1) is 0 Å². The number of nitrogens with zero attached hydrogens (tertiary/aromatic N) is 1. The number of halogens is 1. The predicted molar refractivity (Wildman–Crippen MR) is 114 cm³/mol. The molecule has 0 aliphatic carbocycles. The number of carbonyl (C=O) groups is 1. The normalized spacial score (nSPS) is 12.2. The maximum atomic E-state index is 12.5. The van der Waals surface area contributed by atoms with Gasteiger partial charge in [-0.25, -0.2) is 13.4 Å². The molecule has 0 aliphatic heterocycles. The average Bonchev–Trinajstić information content (AvgIpc) is 3.20. The number of rotatable bonds is 8. The second kappa shape index (κ2) is 9.25. The molecule has 0 saturated heterocycles. The molecule has 3 aromatic rings. The lowest BCUT2D eigenvalue weighted by atomic mass is 10.2. The highest BCUT2D eigenvalue weighted by Gasteiger charge is 2.20. The molecule has 10 heteroatoms. The van der Waals surface area contributed by atoms with Crippen molar-refractivity contribution in [3.63, 3.8) is 0 Å². The minimum absolute atomic E-state index is 0.0650. The first-order valence-corrected chi connectivity index (χ1v) is 11.4. The number of anilines is 2. The fourth-order valence-electron chi connectivity index (χ4n) is 2.39. The molecule has 1 amide bonds. The van der Waals surface area contributed by atoms with E-state index < -0.39 is 16.1 Å². The van der Waals surface area contributed by atoms with E-state index in [1.807, 2.05) is 6.92 Å². The second-order valence-corrected chi connectivity index (χ2v) is 8.94. The van der Waals surface area contributed by atoms with Gasteiger partial charge in [-0.3, -0.25) is 9.52 Å². The van der Waals surface area contributed by atoms with E-state index in [0.717, 1.165) is 0 Å². The first-order valence-electron chi connectivity index (χ1n) is 8.63.